The number of rotatable bonds is 2. The highest BCUT2D eigenvalue weighted by molar-refractivity contribution is 5.76. The van der Waals surface area contributed by atoms with Crippen molar-refractivity contribution in [2.45, 2.75) is 56.8 Å². The van der Waals surface area contributed by atoms with Crippen LogP contribution in [0.25, 0.3) is 0 Å². The van der Waals surface area contributed by atoms with E-state index in [1.165, 1.54) is 0 Å². The van der Waals surface area contributed by atoms with Crippen molar-refractivity contribution < 1.29 is 9.90 Å². The summed E-state index contributed by atoms with van der Waals surface area (Å²) in [5, 5.41) is 12.8. The van der Waals surface area contributed by atoms with Crippen LogP contribution < -0.4 is 5.32 Å². The molecule has 0 spiro atoms. The second kappa shape index (κ2) is 5.40. The third-order valence-corrected chi connectivity index (χ3v) is 4.47. The molecule has 0 aromatic carbocycles. The summed E-state index contributed by atoms with van der Waals surface area (Å²) in [6.45, 7) is 1.97. The van der Waals surface area contributed by atoms with Crippen molar-refractivity contribution in [1.29, 1.82) is 0 Å². The number of amides is 2. The van der Waals surface area contributed by atoms with Crippen molar-refractivity contribution in [1.82, 2.24) is 15.2 Å². The first-order valence-electron chi connectivity index (χ1n) is 7.32. The first kappa shape index (κ1) is 13.4. The Labute approximate surface area is 119 Å². The third kappa shape index (κ3) is 2.50. The largest absolute Gasteiger partial charge is 0.393 e. The number of carbonyl (C=O) groups is 1. The number of hydrogen-bond donors (Lipinski definition) is 2. The molecule has 2 amide bonds. The zero-order valence-electron chi connectivity index (χ0n) is 11.7. The van der Waals surface area contributed by atoms with Gasteiger partial charge in [-0.05, 0) is 44.2 Å². The van der Waals surface area contributed by atoms with Gasteiger partial charge in [-0.15, -0.1) is 0 Å². The number of aliphatic hydroxyl groups excluding tert-OH is 1. The van der Waals surface area contributed by atoms with E-state index in [0.29, 0.717) is 12.8 Å². The van der Waals surface area contributed by atoms with Crippen molar-refractivity contribution in [2.24, 2.45) is 0 Å². The maximum absolute atomic E-state index is 12.5. The van der Waals surface area contributed by atoms with Gasteiger partial charge in [0.15, 0.2) is 0 Å². The van der Waals surface area contributed by atoms with Crippen molar-refractivity contribution in [3.05, 3.63) is 30.1 Å². The molecule has 3 rings (SSSR count). The average Bonchev–Trinajstić information content (AvgIpc) is 2.72. The number of carbonyl (C=O) groups excluding carboxylic acids is 1. The zero-order valence-corrected chi connectivity index (χ0v) is 11.7. The van der Waals surface area contributed by atoms with E-state index in [0.717, 1.165) is 18.4 Å². The number of nitrogens with zero attached hydrogens (tertiary/aromatic N) is 2. The Morgan fingerprint density at radius 1 is 1.45 bits per heavy atom. The lowest BCUT2D eigenvalue weighted by molar-refractivity contribution is 0.0536. The van der Waals surface area contributed by atoms with Gasteiger partial charge in [0.25, 0.3) is 0 Å². The van der Waals surface area contributed by atoms with Crippen molar-refractivity contribution in [2.75, 3.05) is 0 Å². The number of aliphatic hydroxyl groups is 1. The molecule has 20 heavy (non-hydrogen) atoms. The molecule has 2 bridgehead atoms. The van der Waals surface area contributed by atoms with Gasteiger partial charge in [-0.2, -0.15) is 0 Å². The van der Waals surface area contributed by atoms with E-state index in [1.807, 2.05) is 24.0 Å². The van der Waals surface area contributed by atoms with Gasteiger partial charge in [0.1, 0.15) is 0 Å². The summed E-state index contributed by atoms with van der Waals surface area (Å²) in [4.78, 5) is 18.5. The summed E-state index contributed by atoms with van der Waals surface area (Å²) in [5.41, 5.74) is 1.00. The fourth-order valence-electron chi connectivity index (χ4n) is 3.46. The minimum absolute atomic E-state index is 0.0132. The predicted octanol–water partition coefficient (Wildman–Crippen LogP) is 1.84. The molecule has 0 radical (unpaired) electrons. The molecule has 2 saturated heterocycles. The fraction of sp³-hybridized carbons (Fsp3) is 0.600. The monoisotopic (exact) mass is 275 g/mol. The van der Waals surface area contributed by atoms with Gasteiger partial charge in [0.2, 0.25) is 0 Å². The third-order valence-electron chi connectivity index (χ3n) is 4.47. The summed E-state index contributed by atoms with van der Waals surface area (Å²) in [6, 6.07) is 4.17. The maximum atomic E-state index is 12.5. The SMILES string of the molecule is C[C@@H](NC(=O)N1[C@H]2CC[C@H]1CC(O)C2)c1cccnc1. The van der Waals surface area contributed by atoms with Crippen LogP contribution in [-0.2, 0) is 0 Å². The topological polar surface area (TPSA) is 65.5 Å². The molecule has 2 fully saturated rings. The van der Waals surface area contributed by atoms with Gasteiger partial charge in [-0.1, -0.05) is 6.07 Å². The summed E-state index contributed by atoms with van der Waals surface area (Å²) < 4.78 is 0. The Kier molecular flexibility index (Phi) is 3.61. The van der Waals surface area contributed by atoms with Crippen molar-refractivity contribution in [3.63, 3.8) is 0 Å². The smallest absolute Gasteiger partial charge is 0.318 e. The minimum Gasteiger partial charge on any atom is -0.393 e. The summed E-state index contributed by atoms with van der Waals surface area (Å²) >= 11 is 0. The van der Waals surface area contributed by atoms with Gasteiger partial charge < -0.3 is 15.3 Å². The Balaban J connectivity index is 1.65. The predicted molar refractivity (Wildman–Crippen MR) is 75.1 cm³/mol. The standard InChI is InChI=1S/C15H21N3O2/c1-10(11-3-2-6-16-9-11)17-15(20)18-12-4-5-13(18)8-14(19)7-12/h2-3,6,9-10,12-14,19H,4-5,7-8H2,1H3,(H,17,20)/t10-,12+,13+/m1/s1. The Morgan fingerprint density at radius 2 is 2.15 bits per heavy atom. The number of piperidine rings is 1. The molecule has 108 valence electrons. The molecule has 0 saturated carbocycles. The van der Waals surface area contributed by atoms with E-state index in [4.69, 9.17) is 0 Å². The summed E-state index contributed by atoms with van der Waals surface area (Å²) in [7, 11) is 0. The quantitative estimate of drug-likeness (QED) is 0.865. The lowest BCUT2D eigenvalue weighted by Gasteiger charge is -2.37. The Bertz CT molecular complexity index is 465. The Morgan fingerprint density at radius 3 is 2.75 bits per heavy atom. The first-order chi connectivity index (χ1) is 9.65. The van der Waals surface area contributed by atoms with Gasteiger partial charge >= 0.3 is 6.03 Å². The lowest BCUT2D eigenvalue weighted by Crippen LogP contribution is -2.52. The van der Waals surface area contributed by atoms with E-state index in [2.05, 4.69) is 10.3 Å². The van der Waals surface area contributed by atoms with Crippen LogP contribution in [0.1, 0.15) is 44.2 Å². The van der Waals surface area contributed by atoms with Crippen LogP contribution >= 0.6 is 0 Å². The molecule has 5 heteroatoms. The van der Waals surface area contributed by atoms with Crippen LogP contribution in [0.5, 0.6) is 0 Å². The van der Waals surface area contributed by atoms with Crippen molar-refractivity contribution in [3.8, 4) is 0 Å². The lowest BCUT2D eigenvalue weighted by atomic mass is 10.0. The second-order valence-corrected chi connectivity index (χ2v) is 5.88. The molecule has 0 aliphatic carbocycles. The Hall–Kier alpha value is -1.62. The normalized spacial score (nSPS) is 30.1. The van der Waals surface area contributed by atoms with Crippen LogP contribution in [0.2, 0.25) is 0 Å². The van der Waals surface area contributed by atoms with E-state index in [-0.39, 0.29) is 30.3 Å². The van der Waals surface area contributed by atoms with E-state index >= 15 is 0 Å². The number of aromatic nitrogens is 1. The van der Waals surface area contributed by atoms with Gasteiger partial charge in [-0.25, -0.2) is 4.79 Å². The summed E-state index contributed by atoms with van der Waals surface area (Å²) in [6.07, 6.45) is 6.71. The minimum atomic E-state index is -0.243. The highest BCUT2D eigenvalue weighted by Gasteiger charge is 2.42. The van der Waals surface area contributed by atoms with E-state index in [1.54, 1.807) is 12.4 Å². The molecular formula is C15H21N3O2. The van der Waals surface area contributed by atoms with E-state index < -0.39 is 0 Å². The summed E-state index contributed by atoms with van der Waals surface area (Å²) in [5.74, 6) is 0. The van der Waals surface area contributed by atoms with Gasteiger partial charge in [0.05, 0.1) is 12.1 Å². The number of pyridine rings is 1. The number of fused-ring (bicyclic) bond motifs is 2. The van der Waals surface area contributed by atoms with Crippen LogP contribution in [0.3, 0.4) is 0 Å². The molecular weight excluding hydrogens is 254 g/mol. The van der Waals surface area contributed by atoms with Crippen LogP contribution in [0.4, 0.5) is 4.79 Å². The highest BCUT2D eigenvalue weighted by atomic mass is 16.3. The van der Waals surface area contributed by atoms with Crippen LogP contribution in [0, 0.1) is 0 Å². The van der Waals surface area contributed by atoms with Crippen LogP contribution in [0.15, 0.2) is 24.5 Å². The van der Waals surface area contributed by atoms with Crippen molar-refractivity contribution >= 4 is 6.03 Å². The molecule has 1 aromatic rings. The fourth-order valence-corrected chi connectivity index (χ4v) is 3.46. The molecule has 1 aromatic heterocycles. The molecule has 3 atom stereocenters. The maximum Gasteiger partial charge on any atom is 0.318 e. The average molecular weight is 275 g/mol. The first-order valence-corrected chi connectivity index (χ1v) is 7.32. The highest BCUT2D eigenvalue weighted by Crippen LogP contribution is 2.35. The van der Waals surface area contributed by atoms with Crippen LogP contribution in [-0.4, -0.2) is 39.2 Å². The number of nitrogens with one attached hydrogen (secondary N) is 1. The molecule has 3 heterocycles. The zero-order chi connectivity index (χ0) is 14.1. The van der Waals surface area contributed by atoms with Gasteiger partial charge in [0, 0.05) is 24.5 Å². The molecule has 5 nitrogen and oxygen atoms in total. The molecule has 2 aliphatic rings. The van der Waals surface area contributed by atoms with Gasteiger partial charge in [-0.3, -0.25) is 4.98 Å². The number of urea groups is 1. The second-order valence-electron chi connectivity index (χ2n) is 5.88. The number of hydrogen-bond acceptors (Lipinski definition) is 3. The molecule has 2 aliphatic heterocycles. The van der Waals surface area contributed by atoms with E-state index in [9.17, 15) is 9.90 Å². The molecule has 2 N–H and O–H groups in total. The molecule has 0 unspecified atom stereocenters.